The molecule has 6 nitrogen and oxygen atoms in total. The molecule has 2 amide bonds. The second-order valence-electron chi connectivity index (χ2n) is 5.15. The van der Waals surface area contributed by atoms with E-state index >= 15 is 0 Å². The van der Waals surface area contributed by atoms with Crippen LogP contribution in [0.25, 0.3) is 0 Å². The van der Waals surface area contributed by atoms with Crippen molar-refractivity contribution in [3.05, 3.63) is 29.6 Å². The normalized spacial score (nSPS) is 13.3. The van der Waals surface area contributed by atoms with Crippen LogP contribution in [0.15, 0.2) is 18.2 Å². The smallest absolute Gasteiger partial charge is 0.317 e. The molecule has 6 heteroatoms. The van der Waals surface area contributed by atoms with Crippen molar-refractivity contribution < 1.29 is 14.7 Å². The summed E-state index contributed by atoms with van der Waals surface area (Å²) in [5.41, 5.74) is 1.71. The molecule has 0 spiro atoms. The Morgan fingerprint density at radius 2 is 2.05 bits per heavy atom. The van der Waals surface area contributed by atoms with Crippen LogP contribution < -0.4 is 5.32 Å². The van der Waals surface area contributed by atoms with E-state index in [1.807, 2.05) is 32.0 Å². The molecular formula is C15H23N3O3. The number of carboxylic acids is 1. The lowest BCUT2D eigenvalue weighted by Gasteiger charge is -2.25. The molecule has 21 heavy (non-hydrogen) atoms. The van der Waals surface area contributed by atoms with Gasteiger partial charge in [0.15, 0.2) is 0 Å². The fraction of sp³-hybridized carbons (Fsp3) is 0.533. The molecule has 2 N–H and O–H groups in total. The third-order valence-corrected chi connectivity index (χ3v) is 3.46. The number of aromatic nitrogens is 1. The van der Waals surface area contributed by atoms with E-state index in [1.54, 1.807) is 18.7 Å². The van der Waals surface area contributed by atoms with E-state index in [0.29, 0.717) is 13.1 Å². The van der Waals surface area contributed by atoms with Gasteiger partial charge in [0.25, 0.3) is 0 Å². The highest BCUT2D eigenvalue weighted by molar-refractivity contribution is 5.76. The van der Waals surface area contributed by atoms with Gasteiger partial charge in [-0.1, -0.05) is 6.07 Å². The molecule has 1 heterocycles. The molecule has 116 valence electrons. The number of carbonyl (C=O) groups is 2. The maximum atomic E-state index is 12.2. The number of nitrogens with zero attached hydrogens (tertiary/aromatic N) is 2. The molecule has 0 saturated heterocycles. The van der Waals surface area contributed by atoms with Gasteiger partial charge in [-0.25, -0.2) is 4.79 Å². The number of hydrogen-bond acceptors (Lipinski definition) is 3. The molecular weight excluding hydrogens is 270 g/mol. The Morgan fingerprint density at radius 1 is 1.38 bits per heavy atom. The van der Waals surface area contributed by atoms with Gasteiger partial charge in [0.2, 0.25) is 0 Å². The lowest BCUT2D eigenvalue weighted by Crippen LogP contribution is -2.47. The molecule has 0 aliphatic heterocycles. The first-order valence-corrected chi connectivity index (χ1v) is 7.06. The minimum absolute atomic E-state index is 0.276. The number of amides is 2. The second-order valence-corrected chi connectivity index (χ2v) is 5.15. The number of pyridine rings is 1. The Bertz CT molecular complexity index is 505. The number of nitrogens with one attached hydrogen (secondary N) is 1. The third kappa shape index (κ3) is 5.06. The molecule has 1 aromatic heterocycles. The number of aliphatic carboxylic acids is 1. The first-order valence-electron chi connectivity index (χ1n) is 7.06. The minimum Gasteiger partial charge on any atom is -0.481 e. The van der Waals surface area contributed by atoms with Crippen LogP contribution in [-0.2, 0) is 11.3 Å². The maximum absolute atomic E-state index is 12.2. The van der Waals surface area contributed by atoms with Crippen LogP contribution >= 0.6 is 0 Å². The molecule has 0 aliphatic carbocycles. The molecule has 0 aliphatic rings. The van der Waals surface area contributed by atoms with Crippen LogP contribution in [0.3, 0.4) is 0 Å². The van der Waals surface area contributed by atoms with Crippen LogP contribution in [0.2, 0.25) is 0 Å². The number of aryl methyl sites for hydroxylation is 1. The summed E-state index contributed by atoms with van der Waals surface area (Å²) in [6, 6.07) is 4.96. The molecule has 0 radical (unpaired) electrons. The monoisotopic (exact) mass is 293 g/mol. The van der Waals surface area contributed by atoms with Gasteiger partial charge in [-0.2, -0.15) is 0 Å². The number of rotatable bonds is 6. The lowest BCUT2D eigenvalue weighted by atomic mass is 10.0. The van der Waals surface area contributed by atoms with Gasteiger partial charge in [-0.3, -0.25) is 9.78 Å². The molecule has 2 unspecified atom stereocenters. The number of hydrogen-bond donors (Lipinski definition) is 2. The average molecular weight is 293 g/mol. The first-order chi connectivity index (χ1) is 9.85. The number of carboxylic acid groups (broad SMARTS) is 1. The lowest BCUT2D eigenvalue weighted by molar-refractivity contribution is -0.141. The maximum Gasteiger partial charge on any atom is 0.317 e. The fourth-order valence-corrected chi connectivity index (χ4v) is 1.84. The predicted molar refractivity (Wildman–Crippen MR) is 79.9 cm³/mol. The van der Waals surface area contributed by atoms with Crippen molar-refractivity contribution in [2.75, 3.05) is 6.54 Å². The van der Waals surface area contributed by atoms with Crippen molar-refractivity contribution in [2.45, 2.75) is 40.3 Å². The molecule has 1 rings (SSSR count). The Kier molecular flexibility index (Phi) is 6.14. The molecule has 2 atom stereocenters. The summed E-state index contributed by atoms with van der Waals surface area (Å²) >= 11 is 0. The Labute approximate surface area is 125 Å². The summed E-state index contributed by atoms with van der Waals surface area (Å²) in [7, 11) is 0. The minimum atomic E-state index is -0.925. The van der Waals surface area contributed by atoms with Crippen LogP contribution in [0.1, 0.15) is 32.2 Å². The van der Waals surface area contributed by atoms with E-state index in [0.717, 1.165) is 11.4 Å². The zero-order chi connectivity index (χ0) is 16.0. The summed E-state index contributed by atoms with van der Waals surface area (Å²) in [4.78, 5) is 29.1. The zero-order valence-corrected chi connectivity index (χ0v) is 13.0. The van der Waals surface area contributed by atoms with Crippen molar-refractivity contribution in [3.63, 3.8) is 0 Å². The summed E-state index contributed by atoms with van der Waals surface area (Å²) in [6.07, 6.45) is 0. The van der Waals surface area contributed by atoms with Crippen molar-refractivity contribution in [1.82, 2.24) is 15.2 Å². The summed E-state index contributed by atoms with van der Waals surface area (Å²) < 4.78 is 0. The van der Waals surface area contributed by atoms with Gasteiger partial charge < -0.3 is 15.3 Å². The third-order valence-electron chi connectivity index (χ3n) is 3.46. The average Bonchev–Trinajstić information content (AvgIpc) is 2.43. The second kappa shape index (κ2) is 7.61. The highest BCUT2D eigenvalue weighted by Crippen LogP contribution is 2.06. The topological polar surface area (TPSA) is 82.5 Å². The van der Waals surface area contributed by atoms with Gasteiger partial charge in [0.05, 0.1) is 18.2 Å². The van der Waals surface area contributed by atoms with Crippen molar-refractivity contribution in [2.24, 2.45) is 5.92 Å². The van der Waals surface area contributed by atoms with Gasteiger partial charge in [-0.05, 0) is 39.8 Å². The van der Waals surface area contributed by atoms with Crippen LogP contribution in [0.4, 0.5) is 4.79 Å². The van der Waals surface area contributed by atoms with Crippen LogP contribution in [0.5, 0.6) is 0 Å². The van der Waals surface area contributed by atoms with E-state index in [9.17, 15) is 9.59 Å². The van der Waals surface area contributed by atoms with Gasteiger partial charge in [0, 0.05) is 18.3 Å². The number of urea groups is 1. The molecule has 0 bridgehead atoms. The Morgan fingerprint density at radius 3 is 2.57 bits per heavy atom. The van der Waals surface area contributed by atoms with E-state index in [4.69, 9.17) is 5.11 Å². The highest BCUT2D eigenvalue weighted by Gasteiger charge is 2.23. The van der Waals surface area contributed by atoms with Gasteiger partial charge >= 0.3 is 12.0 Å². The fourth-order valence-electron chi connectivity index (χ4n) is 1.84. The van der Waals surface area contributed by atoms with E-state index in [1.165, 1.54) is 0 Å². The molecule has 0 saturated carbocycles. The molecule has 0 fully saturated rings. The summed E-state index contributed by atoms with van der Waals surface area (Å²) in [5.74, 6) is -1.56. The first kappa shape index (κ1) is 16.9. The van der Waals surface area contributed by atoms with Gasteiger partial charge in [0.1, 0.15) is 0 Å². The Hall–Kier alpha value is -2.11. The largest absolute Gasteiger partial charge is 0.481 e. The predicted octanol–water partition coefficient (Wildman–Crippen LogP) is 2.03. The van der Waals surface area contributed by atoms with Gasteiger partial charge in [-0.15, -0.1) is 0 Å². The van der Waals surface area contributed by atoms with E-state index in [2.05, 4.69) is 10.3 Å². The summed E-state index contributed by atoms with van der Waals surface area (Å²) in [6.45, 7) is 7.96. The number of carbonyl (C=O) groups excluding carboxylic acids is 1. The Balaban J connectivity index is 2.67. The van der Waals surface area contributed by atoms with Crippen LogP contribution in [-0.4, -0.2) is 39.6 Å². The standard InChI is InChI=1S/C15H23N3O3/c1-5-18(9-13-8-6-7-10(2)16-13)15(21)17-12(4)11(3)14(19)20/h6-8,11-12H,5,9H2,1-4H3,(H,17,21)(H,19,20). The zero-order valence-electron chi connectivity index (χ0n) is 13.0. The molecule has 1 aromatic rings. The summed E-state index contributed by atoms with van der Waals surface area (Å²) in [5, 5.41) is 11.7. The van der Waals surface area contributed by atoms with Crippen molar-refractivity contribution in [1.29, 1.82) is 0 Å². The van der Waals surface area contributed by atoms with E-state index in [-0.39, 0.29) is 6.03 Å². The molecule has 0 aromatic carbocycles. The van der Waals surface area contributed by atoms with E-state index < -0.39 is 17.9 Å². The highest BCUT2D eigenvalue weighted by atomic mass is 16.4. The van der Waals surface area contributed by atoms with Crippen molar-refractivity contribution in [3.8, 4) is 0 Å². The quantitative estimate of drug-likeness (QED) is 0.840. The van der Waals surface area contributed by atoms with Crippen LogP contribution in [0, 0.1) is 12.8 Å². The van der Waals surface area contributed by atoms with Crippen molar-refractivity contribution >= 4 is 12.0 Å². The SMILES string of the molecule is CCN(Cc1cccc(C)n1)C(=O)NC(C)C(C)C(=O)O.